The van der Waals surface area contributed by atoms with Crippen LogP contribution in [0.3, 0.4) is 0 Å². The summed E-state index contributed by atoms with van der Waals surface area (Å²) in [5.41, 5.74) is 8.84. The van der Waals surface area contributed by atoms with Crippen LogP contribution >= 0.6 is 0 Å². The Labute approximate surface area is 143 Å². The van der Waals surface area contributed by atoms with Gasteiger partial charge in [-0.15, -0.1) is 0 Å². The fourth-order valence-electron chi connectivity index (χ4n) is 3.04. The van der Waals surface area contributed by atoms with Crippen LogP contribution in [0, 0.1) is 18.8 Å². The summed E-state index contributed by atoms with van der Waals surface area (Å²) in [6.45, 7) is 3.80. The van der Waals surface area contributed by atoms with Crippen LogP contribution in [0.25, 0.3) is 27.8 Å². The number of anilines is 1. The number of hydrogen-bond acceptors (Lipinski definition) is 4. The molecule has 4 aromatic rings. The van der Waals surface area contributed by atoms with E-state index in [0.717, 1.165) is 5.82 Å². The minimum absolute atomic E-state index is 0.265. The van der Waals surface area contributed by atoms with E-state index in [4.69, 9.17) is 10.3 Å². The monoisotopic (exact) mass is 335 g/mol. The molecule has 0 aliphatic heterocycles. The first-order valence-electron chi connectivity index (χ1n) is 7.98. The zero-order valence-electron chi connectivity index (χ0n) is 13.9. The normalized spacial score (nSPS) is 11.3. The van der Waals surface area contributed by atoms with E-state index in [1.165, 1.54) is 0 Å². The van der Waals surface area contributed by atoms with E-state index in [1.807, 2.05) is 24.6 Å². The summed E-state index contributed by atoms with van der Waals surface area (Å²) < 4.78 is 22.2. The number of halogens is 1. The van der Waals surface area contributed by atoms with Gasteiger partial charge >= 0.3 is 0 Å². The summed E-state index contributed by atoms with van der Waals surface area (Å²) in [4.78, 5) is 4.21. The molecule has 0 spiro atoms. The van der Waals surface area contributed by atoms with Gasteiger partial charge in [-0.05, 0) is 37.1 Å². The van der Waals surface area contributed by atoms with Crippen LogP contribution in [0.5, 0.6) is 0 Å². The van der Waals surface area contributed by atoms with E-state index in [-0.39, 0.29) is 5.82 Å². The number of aryl methyl sites for hydroxylation is 1. The lowest BCUT2D eigenvalue weighted by Crippen LogP contribution is -2.04. The minimum Gasteiger partial charge on any atom is -0.380 e. The first-order chi connectivity index (χ1) is 12.1. The van der Waals surface area contributed by atoms with Crippen molar-refractivity contribution in [3.8, 4) is 16.8 Å². The van der Waals surface area contributed by atoms with Crippen molar-refractivity contribution in [3.05, 3.63) is 59.9 Å². The van der Waals surface area contributed by atoms with Gasteiger partial charge in [-0.25, -0.2) is 9.37 Å². The number of fused-ring (bicyclic) bond motifs is 1. The highest BCUT2D eigenvalue weighted by Gasteiger charge is 2.17. The molecule has 2 heterocycles. The first kappa shape index (κ1) is 15.4. The third kappa shape index (κ3) is 2.38. The van der Waals surface area contributed by atoms with Gasteiger partial charge in [-0.3, -0.25) is 0 Å². The number of nitrogen functional groups attached to an aromatic ring is 1. The molecule has 2 N–H and O–H groups in total. The van der Waals surface area contributed by atoms with Gasteiger partial charge in [0.2, 0.25) is 0 Å². The lowest BCUT2D eigenvalue weighted by Gasteiger charge is -2.14. The maximum absolute atomic E-state index is 15.2. The molecule has 0 atom stereocenters. The molecule has 0 amide bonds. The molecule has 0 saturated carbocycles. The first-order valence-corrected chi connectivity index (χ1v) is 7.98. The smallest absolute Gasteiger partial charge is 0.174 e. The van der Waals surface area contributed by atoms with Crippen LogP contribution in [0.15, 0.2) is 41.2 Å². The zero-order chi connectivity index (χ0) is 17.6. The quantitative estimate of drug-likeness (QED) is 0.612. The molecule has 2 aromatic carbocycles. The highest BCUT2D eigenvalue weighted by atomic mass is 19.1. The molecule has 2 aromatic heterocycles. The van der Waals surface area contributed by atoms with Gasteiger partial charge in [0.05, 0.1) is 11.1 Å². The van der Waals surface area contributed by atoms with Crippen molar-refractivity contribution in [2.24, 2.45) is 0 Å². The van der Waals surface area contributed by atoms with E-state index in [1.54, 1.807) is 30.5 Å². The molecule has 25 heavy (non-hydrogen) atoms. The molecule has 0 unspecified atom stereocenters. The second kappa shape index (κ2) is 5.73. The molecular formula is C19H16FN4O. The Hall–Kier alpha value is -3.15. The highest BCUT2D eigenvalue weighted by molar-refractivity contribution is 5.91. The predicted molar refractivity (Wildman–Crippen MR) is 93.9 cm³/mol. The molecule has 125 valence electrons. The van der Waals surface area contributed by atoms with Crippen LogP contribution in [-0.4, -0.2) is 14.7 Å². The van der Waals surface area contributed by atoms with Crippen molar-refractivity contribution in [1.82, 2.24) is 14.7 Å². The van der Waals surface area contributed by atoms with Crippen molar-refractivity contribution >= 4 is 16.8 Å². The van der Waals surface area contributed by atoms with Crippen molar-refractivity contribution in [2.75, 3.05) is 5.73 Å². The Kier molecular flexibility index (Phi) is 3.53. The molecule has 5 nitrogen and oxygen atoms in total. The van der Waals surface area contributed by atoms with Gasteiger partial charge in [-0.2, -0.15) is 0 Å². The summed E-state index contributed by atoms with van der Waals surface area (Å²) in [5.74, 6) is 0.818. The van der Waals surface area contributed by atoms with Gasteiger partial charge in [0.25, 0.3) is 0 Å². The molecule has 0 aliphatic rings. The summed E-state index contributed by atoms with van der Waals surface area (Å²) in [6.07, 6.45) is 4.04. The number of aromatic nitrogens is 3. The van der Waals surface area contributed by atoms with Crippen LogP contribution in [-0.2, 0) is 6.42 Å². The molecule has 0 aliphatic carbocycles. The highest BCUT2D eigenvalue weighted by Crippen LogP contribution is 2.32. The van der Waals surface area contributed by atoms with Crippen molar-refractivity contribution < 1.29 is 8.91 Å². The van der Waals surface area contributed by atoms with Crippen LogP contribution in [0.4, 0.5) is 10.2 Å². The van der Waals surface area contributed by atoms with Crippen LogP contribution in [0.2, 0.25) is 0 Å². The van der Waals surface area contributed by atoms with Gasteiger partial charge in [0.1, 0.15) is 11.6 Å². The second-order valence-corrected chi connectivity index (χ2v) is 5.82. The summed E-state index contributed by atoms with van der Waals surface area (Å²) >= 11 is 0. The Morgan fingerprint density at radius 2 is 2.20 bits per heavy atom. The maximum atomic E-state index is 15.2. The van der Waals surface area contributed by atoms with Crippen molar-refractivity contribution in [1.29, 1.82) is 0 Å². The van der Waals surface area contributed by atoms with Gasteiger partial charge in [-0.1, -0.05) is 18.1 Å². The van der Waals surface area contributed by atoms with Gasteiger partial charge < -0.3 is 14.8 Å². The van der Waals surface area contributed by atoms with Crippen LogP contribution < -0.4 is 5.73 Å². The van der Waals surface area contributed by atoms with Crippen LogP contribution in [0.1, 0.15) is 18.3 Å². The van der Waals surface area contributed by atoms with Gasteiger partial charge in [0.15, 0.2) is 11.4 Å². The number of rotatable bonds is 3. The Morgan fingerprint density at radius 3 is 2.92 bits per heavy atom. The third-order valence-electron chi connectivity index (χ3n) is 4.37. The number of hydrogen-bond donors (Lipinski definition) is 1. The average Bonchev–Trinajstić information content (AvgIpc) is 3.20. The number of nitrogens with two attached hydrogens (primary N) is 1. The predicted octanol–water partition coefficient (Wildman–Crippen LogP) is 4.07. The summed E-state index contributed by atoms with van der Waals surface area (Å²) in [6, 6.07) is 10.2. The molecule has 0 fully saturated rings. The maximum Gasteiger partial charge on any atom is 0.174 e. The SMILES string of the molecule is CCc1c(-n2ccnc2C)[c]cc(-c2ccc3onc(N)c3c2)c1F. The van der Waals surface area contributed by atoms with E-state index < -0.39 is 0 Å². The average molecular weight is 335 g/mol. The van der Waals surface area contributed by atoms with E-state index in [9.17, 15) is 0 Å². The third-order valence-corrected chi connectivity index (χ3v) is 4.37. The molecule has 4 rings (SSSR count). The summed E-state index contributed by atoms with van der Waals surface area (Å²) in [7, 11) is 0. The van der Waals surface area contributed by atoms with Crippen molar-refractivity contribution in [3.63, 3.8) is 0 Å². The molecule has 0 bridgehead atoms. The molecule has 1 radical (unpaired) electrons. The fraction of sp³-hybridized carbons (Fsp3) is 0.158. The number of imidazole rings is 1. The van der Waals surface area contributed by atoms with Gasteiger partial charge in [0, 0.05) is 29.6 Å². The summed E-state index contributed by atoms with van der Waals surface area (Å²) in [5, 5.41) is 4.41. The van der Waals surface area contributed by atoms with E-state index >= 15 is 4.39 Å². The lowest BCUT2D eigenvalue weighted by molar-refractivity contribution is 0.460. The van der Waals surface area contributed by atoms with E-state index in [0.29, 0.717) is 45.6 Å². The Balaban J connectivity index is 1.90. The number of benzene rings is 2. The standard InChI is InChI=1S/C19H16FN4O/c1-3-13-16(24-9-8-22-11(24)2)6-5-14(18(13)20)12-4-7-17-15(10-12)19(21)23-25-17/h4-5,7-10H,3H2,1-2H3,(H2,21,23). The number of nitrogens with zero attached hydrogens (tertiary/aromatic N) is 3. The largest absolute Gasteiger partial charge is 0.380 e. The Morgan fingerprint density at radius 1 is 1.36 bits per heavy atom. The fourth-order valence-corrected chi connectivity index (χ4v) is 3.04. The van der Waals surface area contributed by atoms with E-state index in [2.05, 4.69) is 16.2 Å². The Bertz CT molecular complexity index is 1080. The lowest BCUT2D eigenvalue weighted by atomic mass is 9.98. The molecule has 6 heteroatoms. The van der Waals surface area contributed by atoms with Crippen molar-refractivity contribution in [2.45, 2.75) is 20.3 Å². The topological polar surface area (TPSA) is 69.9 Å². The molecular weight excluding hydrogens is 319 g/mol. The zero-order valence-corrected chi connectivity index (χ0v) is 13.9. The molecule has 0 saturated heterocycles. The second-order valence-electron chi connectivity index (χ2n) is 5.82. The minimum atomic E-state index is -0.265.